The van der Waals surface area contributed by atoms with Crippen LogP contribution in [0.15, 0.2) is 23.4 Å². The molecule has 0 aromatic heterocycles. The maximum absolute atomic E-state index is 9.15. The van der Waals surface area contributed by atoms with Gasteiger partial charge in [0.1, 0.15) is 38.0 Å². The number of rotatable bonds is 2. The van der Waals surface area contributed by atoms with Gasteiger partial charge >= 0.3 is 0 Å². The largest absolute Gasteiger partial charge is 0.344 e. The molecule has 0 atom stereocenters. The third-order valence-corrected chi connectivity index (χ3v) is 3.83. The van der Waals surface area contributed by atoms with Crippen LogP contribution in [-0.4, -0.2) is 8.07 Å². The predicted octanol–water partition coefficient (Wildman–Crippen LogP) is 3.68. The van der Waals surface area contributed by atoms with Crippen molar-refractivity contribution in [2.75, 3.05) is 5.32 Å². The lowest BCUT2D eigenvalue weighted by Gasteiger charge is -2.10. The molecule has 7 heteroatoms. The molecule has 0 fully saturated rings. The SMILES string of the molecule is C[Si](C)(C)C#Cc1cc(C#N)c(Cl)cc1NC(C#N)=C(C#N)C#N. The molecule has 5 nitrogen and oxygen atoms in total. The highest BCUT2D eigenvalue weighted by Gasteiger charge is 2.13. The number of nitrogens with zero attached hydrogens (tertiary/aromatic N) is 4. The fraction of sp³-hybridized carbons (Fsp3) is 0.176. The average Bonchev–Trinajstić information content (AvgIpc) is 2.53. The number of hydrogen-bond donors (Lipinski definition) is 1. The first-order valence-corrected chi connectivity index (χ1v) is 10.6. The lowest BCUT2D eigenvalue weighted by Crippen LogP contribution is -2.16. The summed E-state index contributed by atoms with van der Waals surface area (Å²) < 4.78 is 0. The zero-order valence-electron chi connectivity index (χ0n) is 13.3. The third-order valence-electron chi connectivity index (χ3n) is 2.64. The number of halogens is 1. The molecular weight excluding hydrogens is 338 g/mol. The van der Waals surface area contributed by atoms with Crippen LogP contribution < -0.4 is 5.32 Å². The second kappa shape index (κ2) is 7.87. The van der Waals surface area contributed by atoms with Crippen LogP contribution in [0.4, 0.5) is 5.69 Å². The van der Waals surface area contributed by atoms with E-state index < -0.39 is 8.07 Å². The van der Waals surface area contributed by atoms with Gasteiger partial charge in [-0.25, -0.2) is 0 Å². The molecule has 1 aromatic carbocycles. The number of anilines is 1. The van der Waals surface area contributed by atoms with E-state index >= 15 is 0 Å². The molecule has 0 heterocycles. The van der Waals surface area contributed by atoms with Gasteiger partial charge in [-0.05, 0) is 12.1 Å². The third kappa shape index (κ3) is 4.91. The van der Waals surface area contributed by atoms with Gasteiger partial charge in [0.05, 0.1) is 16.3 Å². The summed E-state index contributed by atoms with van der Waals surface area (Å²) in [6.45, 7) is 6.20. The molecule has 0 spiro atoms. The average molecular weight is 350 g/mol. The van der Waals surface area contributed by atoms with Crippen molar-refractivity contribution in [2.45, 2.75) is 19.6 Å². The van der Waals surface area contributed by atoms with E-state index in [1.807, 2.05) is 6.07 Å². The number of benzene rings is 1. The minimum atomic E-state index is -1.67. The summed E-state index contributed by atoms with van der Waals surface area (Å²) in [6, 6.07) is 10.0. The molecule has 1 N–H and O–H groups in total. The smallest absolute Gasteiger partial charge is 0.163 e. The molecule has 0 bridgehead atoms. The van der Waals surface area contributed by atoms with Crippen LogP contribution in [0, 0.1) is 56.8 Å². The van der Waals surface area contributed by atoms with Crippen molar-refractivity contribution in [3.05, 3.63) is 39.6 Å². The lowest BCUT2D eigenvalue weighted by atomic mass is 10.1. The molecule has 0 aliphatic heterocycles. The Labute approximate surface area is 147 Å². The minimum absolute atomic E-state index is 0.186. The monoisotopic (exact) mass is 349 g/mol. The van der Waals surface area contributed by atoms with Crippen LogP contribution in [0.3, 0.4) is 0 Å². The Morgan fingerprint density at radius 1 is 1.00 bits per heavy atom. The van der Waals surface area contributed by atoms with Gasteiger partial charge in [0, 0.05) is 5.56 Å². The Morgan fingerprint density at radius 2 is 1.62 bits per heavy atom. The molecule has 24 heavy (non-hydrogen) atoms. The fourth-order valence-corrected chi connectivity index (χ4v) is 2.25. The van der Waals surface area contributed by atoms with Crippen molar-refractivity contribution in [1.29, 1.82) is 21.0 Å². The Kier molecular flexibility index (Phi) is 6.18. The van der Waals surface area contributed by atoms with Gasteiger partial charge in [-0.15, -0.1) is 5.54 Å². The fourth-order valence-electron chi connectivity index (χ4n) is 1.54. The Hall–Kier alpha value is -3.21. The Bertz CT molecular complexity index is 916. The highest BCUT2D eigenvalue weighted by molar-refractivity contribution is 6.83. The zero-order valence-corrected chi connectivity index (χ0v) is 15.1. The Morgan fingerprint density at radius 3 is 2.08 bits per heavy atom. The van der Waals surface area contributed by atoms with Gasteiger partial charge in [-0.2, -0.15) is 21.0 Å². The van der Waals surface area contributed by atoms with E-state index in [-0.39, 0.29) is 21.9 Å². The van der Waals surface area contributed by atoms with Crippen LogP contribution in [0.1, 0.15) is 11.1 Å². The second-order valence-corrected chi connectivity index (χ2v) is 10.9. The maximum Gasteiger partial charge on any atom is 0.163 e. The summed E-state index contributed by atoms with van der Waals surface area (Å²) in [5, 5.41) is 39.0. The van der Waals surface area contributed by atoms with Crippen molar-refractivity contribution in [1.82, 2.24) is 0 Å². The van der Waals surface area contributed by atoms with Crippen molar-refractivity contribution in [3.8, 4) is 35.7 Å². The van der Waals surface area contributed by atoms with Crippen LogP contribution in [0.2, 0.25) is 24.7 Å². The van der Waals surface area contributed by atoms with Crippen LogP contribution in [-0.2, 0) is 0 Å². The predicted molar refractivity (Wildman–Crippen MR) is 93.9 cm³/mol. The van der Waals surface area contributed by atoms with E-state index in [9.17, 15) is 0 Å². The van der Waals surface area contributed by atoms with Crippen molar-refractivity contribution >= 4 is 25.4 Å². The van der Waals surface area contributed by atoms with Crippen molar-refractivity contribution in [2.24, 2.45) is 0 Å². The molecular formula is C17H12ClN5Si. The van der Waals surface area contributed by atoms with E-state index in [2.05, 4.69) is 36.4 Å². The second-order valence-electron chi connectivity index (χ2n) is 5.70. The van der Waals surface area contributed by atoms with Crippen LogP contribution in [0.5, 0.6) is 0 Å². The maximum atomic E-state index is 9.15. The molecule has 0 aliphatic rings. The topological polar surface area (TPSA) is 107 Å². The van der Waals surface area contributed by atoms with E-state index in [4.69, 9.17) is 32.6 Å². The van der Waals surface area contributed by atoms with Crippen LogP contribution >= 0.6 is 11.6 Å². The van der Waals surface area contributed by atoms with E-state index in [1.165, 1.54) is 12.1 Å². The highest BCUT2D eigenvalue weighted by Crippen LogP contribution is 2.26. The summed E-state index contributed by atoms with van der Waals surface area (Å²) in [5.41, 5.74) is 3.72. The summed E-state index contributed by atoms with van der Waals surface area (Å²) >= 11 is 6.03. The number of hydrogen-bond acceptors (Lipinski definition) is 5. The summed E-state index contributed by atoms with van der Waals surface area (Å²) in [6.07, 6.45) is 0. The molecule has 1 aromatic rings. The van der Waals surface area contributed by atoms with Crippen molar-refractivity contribution in [3.63, 3.8) is 0 Å². The molecule has 116 valence electrons. The van der Waals surface area contributed by atoms with Crippen molar-refractivity contribution < 1.29 is 0 Å². The molecule has 0 aliphatic carbocycles. The summed E-state index contributed by atoms with van der Waals surface area (Å²) in [7, 11) is -1.67. The van der Waals surface area contributed by atoms with Gasteiger partial charge in [-0.1, -0.05) is 37.2 Å². The first kappa shape index (κ1) is 18.8. The first-order chi connectivity index (χ1) is 11.3. The van der Waals surface area contributed by atoms with E-state index in [0.717, 1.165) is 0 Å². The zero-order chi connectivity index (χ0) is 18.3. The van der Waals surface area contributed by atoms with Gasteiger partial charge in [0.2, 0.25) is 0 Å². The Balaban J connectivity index is 3.56. The molecule has 0 unspecified atom stereocenters. The molecule has 1 rings (SSSR count). The van der Waals surface area contributed by atoms with Crippen LogP contribution in [0.25, 0.3) is 0 Å². The highest BCUT2D eigenvalue weighted by atomic mass is 35.5. The number of nitrogens with one attached hydrogen (secondary N) is 1. The molecule has 0 saturated carbocycles. The minimum Gasteiger partial charge on any atom is -0.344 e. The van der Waals surface area contributed by atoms with Gasteiger partial charge in [-0.3, -0.25) is 0 Å². The van der Waals surface area contributed by atoms with E-state index in [0.29, 0.717) is 11.3 Å². The van der Waals surface area contributed by atoms with E-state index in [1.54, 1.807) is 18.2 Å². The van der Waals surface area contributed by atoms with Gasteiger partial charge in [0.15, 0.2) is 5.57 Å². The van der Waals surface area contributed by atoms with Gasteiger partial charge < -0.3 is 5.32 Å². The molecule has 0 saturated heterocycles. The van der Waals surface area contributed by atoms with Gasteiger partial charge in [0.25, 0.3) is 0 Å². The standard InChI is InChI=1S/C17H12ClN5Si/c1-24(2,3)5-4-12-6-13(8-19)15(18)7-16(12)23-17(11-22)14(9-20)10-21/h6-7,23H,1-3H3. The molecule has 0 amide bonds. The normalized spacial score (nSPS) is 9.17. The first-order valence-electron chi connectivity index (χ1n) is 6.74. The summed E-state index contributed by atoms with van der Waals surface area (Å²) in [4.78, 5) is 0. The number of allylic oxidation sites excluding steroid dienone is 2. The summed E-state index contributed by atoms with van der Waals surface area (Å²) in [5.74, 6) is 3.00. The molecule has 0 radical (unpaired) electrons. The quantitative estimate of drug-likeness (QED) is 0.497. The number of nitriles is 4. The lowest BCUT2D eigenvalue weighted by molar-refractivity contribution is 1.36.